The first-order valence-electron chi connectivity index (χ1n) is 5.36. The van der Waals surface area contributed by atoms with Crippen molar-refractivity contribution in [2.24, 2.45) is 0 Å². The molecule has 1 unspecified atom stereocenters. The average molecular weight is 199 g/mol. The van der Waals surface area contributed by atoms with Crippen molar-refractivity contribution >= 4 is 5.78 Å². The standard InChI is InChI=1S/C13H13NO/c15-12-7-4-10-14-9-3-6-11-5-1-2-8-13(11,12)14/h1-2,4-8H,3,9-10H2. The second kappa shape index (κ2) is 3.04. The number of carbonyl (C=O) groups is 1. The Labute approximate surface area is 89.3 Å². The second-order valence-corrected chi connectivity index (χ2v) is 4.15. The summed E-state index contributed by atoms with van der Waals surface area (Å²) in [7, 11) is 0. The predicted molar refractivity (Wildman–Crippen MR) is 59.4 cm³/mol. The molecular formula is C13H13NO. The van der Waals surface area contributed by atoms with Gasteiger partial charge in [0.15, 0.2) is 5.78 Å². The zero-order valence-corrected chi connectivity index (χ0v) is 8.52. The van der Waals surface area contributed by atoms with Gasteiger partial charge in [-0.15, -0.1) is 0 Å². The van der Waals surface area contributed by atoms with E-state index in [2.05, 4.69) is 17.1 Å². The van der Waals surface area contributed by atoms with Gasteiger partial charge in [-0.05, 0) is 18.1 Å². The quantitative estimate of drug-likeness (QED) is 0.591. The van der Waals surface area contributed by atoms with Gasteiger partial charge in [0.2, 0.25) is 0 Å². The maximum atomic E-state index is 12.1. The summed E-state index contributed by atoms with van der Waals surface area (Å²) < 4.78 is 0. The minimum absolute atomic E-state index is 0.195. The highest BCUT2D eigenvalue weighted by Crippen LogP contribution is 2.37. The number of hydrogen-bond donors (Lipinski definition) is 0. The van der Waals surface area contributed by atoms with Gasteiger partial charge >= 0.3 is 0 Å². The SMILES string of the molecule is O=C1C=CCN2CCC=C3C=CC=CC132. The zero-order chi connectivity index (χ0) is 10.3. The zero-order valence-electron chi connectivity index (χ0n) is 8.52. The second-order valence-electron chi connectivity index (χ2n) is 4.15. The number of nitrogens with zero attached hydrogens (tertiary/aromatic N) is 1. The molecule has 0 saturated carbocycles. The lowest BCUT2D eigenvalue weighted by atomic mass is 9.76. The molecule has 2 heteroatoms. The van der Waals surface area contributed by atoms with Crippen molar-refractivity contribution in [2.45, 2.75) is 12.0 Å². The summed E-state index contributed by atoms with van der Waals surface area (Å²) in [5, 5.41) is 0. The van der Waals surface area contributed by atoms with Crippen LogP contribution in [-0.4, -0.2) is 29.3 Å². The molecule has 0 aromatic carbocycles. The third kappa shape index (κ3) is 1.05. The van der Waals surface area contributed by atoms with Crippen molar-refractivity contribution in [2.75, 3.05) is 13.1 Å². The molecule has 15 heavy (non-hydrogen) atoms. The van der Waals surface area contributed by atoms with Crippen LogP contribution in [0.3, 0.4) is 0 Å². The van der Waals surface area contributed by atoms with Crippen LogP contribution >= 0.6 is 0 Å². The number of carbonyl (C=O) groups excluding carboxylic acids is 1. The van der Waals surface area contributed by atoms with E-state index in [0.717, 1.165) is 25.1 Å². The molecular weight excluding hydrogens is 186 g/mol. The molecule has 0 aromatic heterocycles. The Morgan fingerprint density at radius 3 is 3.13 bits per heavy atom. The smallest absolute Gasteiger partial charge is 0.184 e. The van der Waals surface area contributed by atoms with Crippen LogP contribution in [0.15, 0.2) is 48.1 Å². The Morgan fingerprint density at radius 1 is 1.27 bits per heavy atom. The van der Waals surface area contributed by atoms with Crippen LogP contribution in [0, 0.1) is 0 Å². The summed E-state index contributed by atoms with van der Waals surface area (Å²) in [6, 6.07) is 0. The van der Waals surface area contributed by atoms with Gasteiger partial charge in [0.1, 0.15) is 5.54 Å². The third-order valence-electron chi connectivity index (χ3n) is 3.40. The van der Waals surface area contributed by atoms with Crippen LogP contribution in [0.5, 0.6) is 0 Å². The van der Waals surface area contributed by atoms with E-state index >= 15 is 0 Å². The highest BCUT2D eigenvalue weighted by Gasteiger charge is 2.45. The Morgan fingerprint density at radius 2 is 2.20 bits per heavy atom. The summed E-state index contributed by atoms with van der Waals surface area (Å²) in [5.74, 6) is 0.195. The monoisotopic (exact) mass is 199 g/mol. The lowest BCUT2D eigenvalue weighted by Gasteiger charge is -2.46. The maximum Gasteiger partial charge on any atom is 0.184 e. The molecule has 0 fully saturated rings. The fourth-order valence-corrected chi connectivity index (χ4v) is 2.67. The summed E-state index contributed by atoms with van der Waals surface area (Å²) in [6.45, 7) is 1.85. The largest absolute Gasteiger partial charge is 0.292 e. The van der Waals surface area contributed by atoms with Gasteiger partial charge in [0, 0.05) is 13.1 Å². The van der Waals surface area contributed by atoms with Gasteiger partial charge in [0.25, 0.3) is 0 Å². The van der Waals surface area contributed by atoms with E-state index in [9.17, 15) is 4.79 Å². The lowest BCUT2D eigenvalue weighted by molar-refractivity contribution is -0.122. The molecule has 0 saturated heterocycles. The fourth-order valence-electron chi connectivity index (χ4n) is 2.67. The minimum atomic E-state index is -0.470. The van der Waals surface area contributed by atoms with Crippen LogP contribution in [0.1, 0.15) is 6.42 Å². The van der Waals surface area contributed by atoms with Crippen molar-refractivity contribution in [1.82, 2.24) is 4.90 Å². The molecule has 1 atom stereocenters. The van der Waals surface area contributed by atoms with Gasteiger partial charge in [-0.25, -0.2) is 0 Å². The topological polar surface area (TPSA) is 20.3 Å². The summed E-state index contributed by atoms with van der Waals surface area (Å²) in [4.78, 5) is 14.4. The van der Waals surface area contributed by atoms with E-state index < -0.39 is 5.54 Å². The van der Waals surface area contributed by atoms with E-state index in [1.807, 2.05) is 24.3 Å². The highest BCUT2D eigenvalue weighted by molar-refractivity contribution is 6.04. The normalized spacial score (nSPS) is 33.6. The molecule has 1 aliphatic carbocycles. The first kappa shape index (κ1) is 8.86. The van der Waals surface area contributed by atoms with E-state index in [-0.39, 0.29) is 5.78 Å². The van der Waals surface area contributed by atoms with Gasteiger partial charge in [-0.2, -0.15) is 0 Å². The summed E-state index contributed by atoms with van der Waals surface area (Å²) >= 11 is 0. The molecule has 0 amide bonds. The molecule has 0 N–H and O–H groups in total. The van der Waals surface area contributed by atoms with Gasteiger partial charge < -0.3 is 0 Å². The molecule has 3 rings (SSSR count). The summed E-state index contributed by atoms with van der Waals surface area (Å²) in [5.41, 5.74) is 0.674. The van der Waals surface area contributed by atoms with Crippen LogP contribution in [0.4, 0.5) is 0 Å². The van der Waals surface area contributed by atoms with Crippen molar-refractivity contribution in [3.63, 3.8) is 0 Å². The van der Waals surface area contributed by atoms with E-state index in [0.29, 0.717) is 0 Å². The maximum absolute atomic E-state index is 12.1. The first-order valence-corrected chi connectivity index (χ1v) is 5.36. The molecule has 2 aliphatic heterocycles. The number of hydrogen-bond acceptors (Lipinski definition) is 2. The molecule has 2 nitrogen and oxygen atoms in total. The molecule has 3 aliphatic rings. The van der Waals surface area contributed by atoms with E-state index in [4.69, 9.17) is 0 Å². The van der Waals surface area contributed by atoms with Gasteiger partial charge in [-0.1, -0.05) is 36.5 Å². The van der Waals surface area contributed by atoms with Crippen molar-refractivity contribution in [1.29, 1.82) is 0 Å². The van der Waals surface area contributed by atoms with Crippen LogP contribution in [0.25, 0.3) is 0 Å². The highest BCUT2D eigenvalue weighted by atomic mass is 16.1. The molecule has 2 heterocycles. The van der Waals surface area contributed by atoms with Crippen molar-refractivity contribution < 1.29 is 4.79 Å². The minimum Gasteiger partial charge on any atom is -0.292 e. The van der Waals surface area contributed by atoms with Gasteiger partial charge in [0.05, 0.1) is 0 Å². The molecule has 0 radical (unpaired) electrons. The number of allylic oxidation sites excluding steroid dienone is 2. The molecule has 0 bridgehead atoms. The van der Waals surface area contributed by atoms with E-state index in [1.54, 1.807) is 6.08 Å². The molecule has 0 aromatic rings. The third-order valence-corrected chi connectivity index (χ3v) is 3.40. The summed E-state index contributed by atoms with van der Waals surface area (Å²) in [6.07, 6.45) is 15.0. The average Bonchev–Trinajstić information content (AvgIpc) is 2.28. The van der Waals surface area contributed by atoms with Crippen LogP contribution in [0.2, 0.25) is 0 Å². The predicted octanol–water partition coefficient (Wildman–Crippen LogP) is 1.62. The van der Waals surface area contributed by atoms with Crippen LogP contribution < -0.4 is 0 Å². The molecule has 76 valence electrons. The van der Waals surface area contributed by atoms with Gasteiger partial charge in [-0.3, -0.25) is 9.69 Å². The Hall–Kier alpha value is -1.41. The molecule has 1 spiro atoms. The fraction of sp³-hybridized carbons (Fsp3) is 0.308. The Balaban J connectivity index is 2.20. The van der Waals surface area contributed by atoms with Crippen molar-refractivity contribution in [3.05, 3.63) is 48.1 Å². The Kier molecular flexibility index (Phi) is 1.80. The lowest BCUT2D eigenvalue weighted by Crippen LogP contribution is -2.58. The van der Waals surface area contributed by atoms with Crippen molar-refractivity contribution in [3.8, 4) is 0 Å². The first-order chi connectivity index (χ1) is 7.34. The number of ketones is 1. The Bertz CT molecular complexity index is 428. The van der Waals surface area contributed by atoms with Crippen LogP contribution in [-0.2, 0) is 4.79 Å². The number of rotatable bonds is 0. The van der Waals surface area contributed by atoms with E-state index in [1.165, 1.54) is 0 Å².